The quantitative estimate of drug-likeness (QED) is 0.699. The van der Waals surface area contributed by atoms with E-state index in [2.05, 4.69) is 17.6 Å². The maximum Gasteiger partial charge on any atom is 0.0507 e. The number of ether oxygens (including phenoxy) is 1. The molecule has 0 amide bonds. The predicted octanol–water partition coefficient (Wildman–Crippen LogP) is 0.755. The molecule has 2 fully saturated rings. The van der Waals surface area contributed by atoms with E-state index in [4.69, 9.17) is 4.74 Å². The van der Waals surface area contributed by atoms with E-state index in [-0.39, 0.29) is 0 Å². The maximum absolute atomic E-state index is 5.35. The van der Waals surface area contributed by atoms with Gasteiger partial charge in [0.05, 0.1) is 6.61 Å². The lowest BCUT2D eigenvalue weighted by molar-refractivity contribution is 0.184. The molecule has 3 nitrogen and oxygen atoms in total. The van der Waals surface area contributed by atoms with Crippen LogP contribution in [0.2, 0.25) is 0 Å². The van der Waals surface area contributed by atoms with Crippen LogP contribution in [-0.4, -0.2) is 38.4 Å². The predicted molar refractivity (Wildman–Crippen MR) is 57.4 cm³/mol. The molecule has 0 bridgehead atoms. The Morgan fingerprint density at radius 1 is 1.57 bits per heavy atom. The smallest absolute Gasteiger partial charge is 0.0507 e. The Labute approximate surface area is 86.6 Å². The molecule has 3 heteroatoms. The molecule has 14 heavy (non-hydrogen) atoms. The van der Waals surface area contributed by atoms with Crippen LogP contribution in [0.15, 0.2) is 0 Å². The fourth-order valence-corrected chi connectivity index (χ4v) is 2.40. The molecular formula is C11H22N2O. The van der Waals surface area contributed by atoms with Gasteiger partial charge in [0.15, 0.2) is 0 Å². The van der Waals surface area contributed by atoms with Crippen LogP contribution in [0, 0.1) is 5.92 Å². The van der Waals surface area contributed by atoms with E-state index < -0.39 is 0 Å². The van der Waals surface area contributed by atoms with Crippen molar-refractivity contribution in [1.29, 1.82) is 0 Å². The topological polar surface area (TPSA) is 33.3 Å². The molecule has 0 aliphatic carbocycles. The first kappa shape index (κ1) is 10.4. The molecule has 2 aliphatic rings. The number of hydrogen-bond donors (Lipinski definition) is 2. The third-order valence-electron chi connectivity index (χ3n) is 3.43. The molecule has 0 radical (unpaired) electrons. The Morgan fingerprint density at radius 3 is 3.14 bits per heavy atom. The van der Waals surface area contributed by atoms with Crippen molar-refractivity contribution in [2.45, 2.75) is 31.7 Å². The molecule has 82 valence electrons. The van der Waals surface area contributed by atoms with Crippen LogP contribution >= 0.6 is 0 Å². The first-order valence-corrected chi connectivity index (χ1v) is 5.82. The molecule has 0 aromatic carbocycles. The minimum atomic E-state index is 0.347. The van der Waals surface area contributed by atoms with E-state index in [1.807, 2.05) is 0 Å². The second-order valence-corrected chi connectivity index (χ2v) is 4.95. The van der Waals surface area contributed by atoms with Gasteiger partial charge in [0.1, 0.15) is 0 Å². The highest BCUT2D eigenvalue weighted by Gasteiger charge is 2.27. The number of nitrogens with one attached hydrogen (secondary N) is 2. The molecule has 0 spiro atoms. The van der Waals surface area contributed by atoms with Gasteiger partial charge in [-0.25, -0.2) is 0 Å². The zero-order valence-corrected chi connectivity index (χ0v) is 9.14. The molecule has 2 rings (SSSR count). The number of hydrogen-bond acceptors (Lipinski definition) is 3. The van der Waals surface area contributed by atoms with Gasteiger partial charge in [-0.05, 0) is 38.6 Å². The van der Waals surface area contributed by atoms with Gasteiger partial charge in [0.25, 0.3) is 0 Å². The minimum absolute atomic E-state index is 0.347. The van der Waals surface area contributed by atoms with Gasteiger partial charge in [-0.1, -0.05) is 0 Å². The lowest BCUT2D eigenvalue weighted by atomic mass is 10.00. The van der Waals surface area contributed by atoms with Crippen molar-refractivity contribution in [3.63, 3.8) is 0 Å². The lowest BCUT2D eigenvalue weighted by Crippen LogP contribution is -2.46. The van der Waals surface area contributed by atoms with Crippen molar-refractivity contribution in [2.24, 2.45) is 5.92 Å². The molecule has 2 unspecified atom stereocenters. The summed E-state index contributed by atoms with van der Waals surface area (Å²) in [4.78, 5) is 0. The van der Waals surface area contributed by atoms with Gasteiger partial charge in [-0.2, -0.15) is 0 Å². The summed E-state index contributed by atoms with van der Waals surface area (Å²) in [5.74, 6) is 0.750. The Balaban J connectivity index is 1.61. The van der Waals surface area contributed by atoms with Crippen LogP contribution in [0.5, 0.6) is 0 Å². The third-order valence-corrected chi connectivity index (χ3v) is 3.43. The Bertz CT molecular complexity index is 172. The average Bonchev–Trinajstić information content (AvgIpc) is 2.77. The summed E-state index contributed by atoms with van der Waals surface area (Å²) < 4.78 is 5.35. The lowest BCUT2D eigenvalue weighted by Gasteiger charge is -2.25. The zero-order chi connectivity index (χ0) is 9.86. The minimum Gasteiger partial charge on any atom is -0.381 e. The highest BCUT2D eigenvalue weighted by molar-refractivity contribution is 4.90. The monoisotopic (exact) mass is 198 g/mol. The molecule has 0 aromatic rings. The second-order valence-electron chi connectivity index (χ2n) is 4.95. The maximum atomic E-state index is 5.35. The van der Waals surface area contributed by atoms with Crippen LogP contribution in [-0.2, 0) is 4.74 Å². The van der Waals surface area contributed by atoms with Crippen LogP contribution in [0.3, 0.4) is 0 Å². The normalized spacial score (nSPS) is 37.9. The Kier molecular flexibility index (Phi) is 3.42. The van der Waals surface area contributed by atoms with E-state index in [0.29, 0.717) is 5.54 Å². The molecule has 2 saturated heterocycles. The summed E-state index contributed by atoms with van der Waals surface area (Å²) in [5, 5.41) is 7.13. The standard InChI is InChI=1S/C11H22N2O/c1-11(4-2-5-13-11)9-12-7-10-3-6-14-8-10/h10,12-13H,2-9H2,1H3. The molecule has 2 N–H and O–H groups in total. The highest BCUT2D eigenvalue weighted by Crippen LogP contribution is 2.17. The van der Waals surface area contributed by atoms with Gasteiger partial charge in [-0.3, -0.25) is 0 Å². The summed E-state index contributed by atoms with van der Waals surface area (Å²) in [6, 6.07) is 0. The second kappa shape index (κ2) is 4.60. The molecule has 2 heterocycles. The van der Waals surface area contributed by atoms with Crippen LogP contribution in [0.25, 0.3) is 0 Å². The van der Waals surface area contributed by atoms with Crippen LogP contribution in [0.4, 0.5) is 0 Å². The van der Waals surface area contributed by atoms with Crippen molar-refractivity contribution in [3.8, 4) is 0 Å². The molecule has 0 saturated carbocycles. The summed E-state index contributed by atoms with van der Waals surface area (Å²) >= 11 is 0. The van der Waals surface area contributed by atoms with Crippen molar-refractivity contribution >= 4 is 0 Å². The van der Waals surface area contributed by atoms with Gasteiger partial charge < -0.3 is 15.4 Å². The Morgan fingerprint density at radius 2 is 2.50 bits per heavy atom. The third kappa shape index (κ3) is 2.69. The van der Waals surface area contributed by atoms with Crippen LogP contribution in [0.1, 0.15) is 26.2 Å². The Hall–Kier alpha value is -0.120. The van der Waals surface area contributed by atoms with Crippen molar-refractivity contribution in [3.05, 3.63) is 0 Å². The molecule has 0 aromatic heterocycles. The zero-order valence-electron chi connectivity index (χ0n) is 9.14. The molecule has 2 aliphatic heterocycles. The summed E-state index contributed by atoms with van der Waals surface area (Å²) in [6.45, 7) is 7.64. The van der Waals surface area contributed by atoms with Gasteiger partial charge in [-0.15, -0.1) is 0 Å². The highest BCUT2D eigenvalue weighted by atomic mass is 16.5. The van der Waals surface area contributed by atoms with E-state index >= 15 is 0 Å². The molecule has 2 atom stereocenters. The van der Waals surface area contributed by atoms with Crippen molar-refractivity contribution in [2.75, 3.05) is 32.8 Å². The average molecular weight is 198 g/mol. The van der Waals surface area contributed by atoms with Gasteiger partial charge in [0, 0.05) is 25.2 Å². The first-order valence-electron chi connectivity index (χ1n) is 5.82. The van der Waals surface area contributed by atoms with E-state index in [1.54, 1.807) is 0 Å². The fraction of sp³-hybridized carbons (Fsp3) is 1.00. The SMILES string of the molecule is CC1(CNCC2CCOC2)CCCN1. The van der Waals surface area contributed by atoms with Crippen LogP contribution < -0.4 is 10.6 Å². The summed E-state index contributed by atoms with van der Waals surface area (Å²) in [5.41, 5.74) is 0.347. The largest absolute Gasteiger partial charge is 0.381 e. The summed E-state index contributed by atoms with van der Waals surface area (Å²) in [6.07, 6.45) is 3.86. The number of rotatable bonds is 4. The van der Waals surface area contributed by atoms with E-state index in [1.165, 1.54) is 25.8 Å². The van der Waals surface area contributed by atoms with E-state index in [0.717, 1.165) is 32.2 Å². The fourth-order valence-electron chi connectivity index (χ4n) is 2.40. The van der Waals surface area contributed by atoms with Crippen molar-refractivity contribution < 1.29 is 4.74 Å². The van der Waals surface area contributed by atoms with E-state index in [9.17, 15) is 0 Å². The first-order chi connectivity index (χ1) is 6.79. The summed E-state index contributed by atoms with van der Waals surface area (Å²) in [7, 11) is 0. The molecular weight excluding hydrogens is 176 g/mol. The van der Waals surface area contributed by atoms with Crippen molar-refractivity contribution in [1.82, 2.24) is 10.6 Å². The van der Waals surface area contributed by atoms with Gasteiger partial charge in [0.2, 0.25) is 0 Å². The van der Waals surface area contributed by atoms with Gasteiger partial charge >= 0.3 is 0 Å².